The number of para-hydroxylation sites is 1. The Hall–Kier alpha value is -2.21. The quantitative estimate of drug-likeness (QED) is 0.571. The zero-order valence-electron chi connectivity index (χ0n) is 13.5. The molecule has 2 aromatic carbocycles. The van der Waals surface area contributed by atoms with Gasteiger partial charge in [-0.15, -0.1) is 0 Å². The lowest BCUT2D eigenvalue weighted by molar-refractivity contribution is -0.123. The summed E-state index contributed by atoms with van der Waals surface area (Å²) >= 11 is 17.9. The van der Waals surface area contributed by atoms with E-state index < -0.39 is 18.0 Å². The summed E-state index contributed by atoms with van der Waals surface area (Å²) in [6, 6.07) is 10.2. The van der Waals surface area contributed by atoms with E-state index in [-0.39, 0.29) is 15.7 Å². The zero-order chi connectivity index (χ0) is 18.8. The number of fused-ring (bicyclic) bond motifs is 1. The topological polar surface area (TPSA) is 71.2 Å². The van der Waals surface area contributed by atoms with Crippen molar-refractivity contribution in [2.45, 2.75) is 13.0 Å². The highest BCUT2D eigenvalue weighted by Gasteiger charge is 2.22. The predicted octanol–water partition coefficient (Wildman–Crippen LogP) is 5.31. The Labute approximate surface area is 164 Å². The van der Waals surface area contributed by atoms with E-state index in [2.05, 4.69) is 10.3 Å². The number of ether oxygens (including phenoxy) is 1. The zero-order valence-corrected chi connectivity index (χ0v) is 15.7. The van der Waals surface area contributed by atoms with Crippen LogP contribution in [0.3, 0.4) is 0 Å². The number of hydrogen-bond donors (Lipinski definition) is 2. The van der Waals surface area contributed by atoms with Crippen LogP contribution in [0.1, 0.15) is 17.3 Å². The van der Waals surface area contributed by atoms with Crippen molar-refractivity contribution in [1.82, 2.24) is 4.98 Å². The minimum Gasteiger partial charge on any atom is -0.449 e. The van der Waals surface area contributed by atoms with Gasteiger partial charge in [0.25, 0.3) is 5.91 Å². The number of amides is 1. The van der Waals surface area contributed by atoms with E-state index in [4.69, 9.17) is 39.5 Å². The Bertz CT molecular complexity index is 977. The molecule has 0 saturated carbocycles. The maximum atomic E-state index is 12.4. The molecule has 1 heterocycles. The molecule has 0 aliphatic heterocycles. The molecule has 3 aromatic rings. The number of anilines is 1. The molecule has 8 heteroatoms. The summed E-state index contributed by atoms with van der Waals surface area (Å²) in [7, 11) is 0. The van der Waals surface area contributed by atoms with E-state index in [1.807, 2.05) is 18.2 Å². The van der Waals surface area contributed by atoms with Crippen LogP contribution in [0.2, 0.25) is 15.1 Å². The molecule has 5 nitrogen and oxygen atoms in total. The molecule has 26 heavy (non-hydrogen) atoms. The third kappa shape index (κ3) is 3.80. The third-order valence-corrected chi connectivity index (χ3v) is 4.53. The number of esters is 1. The highest BCUT2D eigenvalue weighted by atomic mass is 35.5. The summed E-state index contributed by atoms with van der Waals surface area (Å²) in [6.07, 6.45) is 0.490. The molecule has 0 aliphatic rings. The molecule has 1 amide bonds. The Balaban J connectivity index is 1.72. The smallest absolute Gasteiger partial charge is 0.341 e. The summed E-state index contributed by atoms with van der Waals surface area (Å²) < 4.78 is 5.26. The van der Waals surface area contributed by atoms with Crippen LogP contribution in [-0.4, -0.2) is 23.0 Å². The summed E-state index contributed by atoms with van der Waals surface area (Å²) in [5.74, 6) is -1.18. The fourth-order valence-corrected chi connectivity index (χ4v) is 3.32. The normalized spacial score (nSPS) is 12.0. The Morgan fingerprint density at radius 2 is 1.77 bits per heavy atom. The minimum atomic E-state index is -1.06. The van der Waals surface area contributed by atoms with Gasteiger partial charge in [-0.1, -0.05) is 53.0 Å². The van der Waals surface area contributed by atoms with Crippen LogP contribution < -0.4 is 5.32 Å². The highest BCUT2D eigenvalue weighted by molar-refractivity contribution is 6.42. The van der Waals surface area contributed by atoms with Crippen LogP contribution in [0.25, 0.3) is 10.9 Å². The number of carbonyl (C=O) groups is 2. The summed E-state index contributed by atoms with van der Waals surface area (Å²) in [4.78, 5) is 27.7. The molecule has 0 radical (unpaired) electrons. The van der Waals surface area contributed by atoms with Crippen molar-refractivity contribution in [3.63, 3.8) is 0 Å². The fourth-order valence-electron chi connectivity index (χ4n) is 2.40. The molecule has 0 saturated heterocycles. The van der Waals surface area contributed by atoms with Crippen LogP contribution in [0, 0.1) is 0 Å². The number of benzene rings is 2. The molecular weight excluding hydrogens is 399 g/mol. The van der Waals surface area contributed by atoms with Gasteiger partial charge in [-0.2, -0.15) is 0 Å². The van der Waals surface area contributed by atoms with Crippen molar-refractivity contribution >= 4 is 63.3 Å². The van der Waals surface area contributed by atoms with E-state index in [1.165, 1.54) is 19.1 Å². The number of rotatable bonds is 4. The number of aromatic amines is 1. The number of H-pyrrole nitrogens is 1. The van der Waals surface area contributed by atoms with Gasteiger partial charge in [-0.05, 0) is 25.1 Å². The van der Waals surface area contributed by atoms with Crippen LogP contribution in [-0.2, 0) is 9.53 Å². The fraction of sp³-hybridized carbons (Fsp3) is 0.111. The van der Waals surface area contributed by atoms with Crippen molar-refractivity contribution in [2.24, 2.45) is 0 Å². The molecule has 0 fully saturated rings. The predicted molar refractivity (Wildman–Crippen MR) is 103 cm³/mol. The molecular formula is C18H13Cl3N2O3. The molecule has 0 unspecified atom stereocenters. The van der Waals surface area contributed by atoms with Gasteiger partial charge < -0.3 is 15.0 Å². The first kappa shape index (κ1) is 18.6. The standard InChI is InChI=1S/C18H13Cl3N2O3/c1-9(17(24)23-16-13(20)6-10(19)7-14(16)21)26-18(25)12-8-22-15-5-3-2-4-11(12)15/h2-9,22H,1H3,(H,23,24)/t9-/m1/s1. The monoisotopic (exact) mass is 410 g/mol. The molecule has 2 N–H and O–H groups in total. The number of aromatic nitrogens is 1. The molecule has 0 bridgehead atoms. The number of halogens is 3. The molecule has 0 aliphatic carbocycles. The van der Waals surface area contributed by atoms with Gasteiger partial charge in [-0.25, -0.2) is 4.79 Å². The van der Waals surface area contributed by atoms with E-state index in [9.17, 15) is 9.59 Å². The number of nitrogens with one attached hydrogen (secondary N) is 2. The van der Waals surface area contributed by atoms with Crippen molar-refractivity contribution in [1.29, 1.82) is 0 Å². The maximum Gasteiger partial charge on any atom is 0.341 e. The first-order chi connectivity index (χ1) is 12.4. The maximum absolute atomic E-state index is 12.4. The van der Waals surface area contributed by atoms with Gasteiger partial charge in [0.15, 0.2) is 6.10 Å². The van der Waals surface area contributed by atoms with Gasteiger partial charge in [0.2, 0.25) is 0 Å². The summed E-state index contributed by atoms with van der Waals surface area (Å²) in [5, 5.41) is 3.98. The minimum absolute atomic E-state index is 0.186. The van der Waals surface area contributed by atoms with Crippen molar-refractivity contribution in [3.05, 3.63) is 63.2 Å². The lowest BCUT2D eigenvalue weighted by Crippen LogP contribution is -2.30. The van der Waals surface area contributed by atoms with Crippen molar-refractivity contribution < 1.29 is 14.3 Å². The Morgan fingerprint density at radius 3 is 2.46 bits per heavy atom. The van der Waals surface area contributed by atoms with Crippen molar-refractivity contribution in [3.8, 4) is 0 Å². The van der Waals surface area contributed by atoms with Gasteiger partial charge in [0.05, 0.1) is 21.3 Å². The van der Waals surface area contributed by atoms with Crippen LogP contribution in [0.4, 0.5) is 5.69 Å². The van der Waals surface area contributed by atoms with E-state index in [0.29, 0.717) is 16.0 Å². The van der Waals surface area contributed by atoms with Crippen LogP contribution in [0.5, 0.6) is 0 Å². The molecule has 1 atom stereocenters. The Morgan fingerprint density at radius 1 is 1.12 bits per heavy atom. The second-order valence-corrected chi connectivity index (χ2v) is 6.78. The van der Waals surface area contributed by atoms with E-state index in [1.54, 1.807) is 12.3 Å². The van der Waals surface area contributed by atoms with Gasteiger partial charge in [0.1, 0.15) is 0 Å². The molecule has 134 valence electrons. The first-order valence-corrected chi connectivity index (χ1v) is 8.72. The number of hydrogen-bond acceptors (Lipinski definition) is 3. The van der Waals surface area contributed by atoms with E-state index in [0.717, 1.165) is 5.52 Å². The molecule has 3 rings (SSSR count). The average Bonchev–Trinajstić information content (AvgIpc) is 3.02. The summed E-state index contributed by atoms with van der Waals surface area (Å²) in [5.41, 5.74) is 1.36. The largest absolute Gasteiger partial charge is 0.449 e. The average molecular weight is 412 g/mol. The lowest BCUT2D eigenvalue weighted by Gasteiger charge is -2.15. The third-order valence-electron chi connectivity index (χ3n) is 3.72. The second-order valence-electron chi connectivity index (χ2n) is 5.53. The van der Waals surface area contributed by atoms with Gasteiger partial charge in [0, 0.05) is 22.1 Å². The number of carbonyl (C=O) groups excluding carboxylic acids is 2. The SMILES string of the molecule is C[C@@H](OC(=O)c1c[nH]c2ccccc12)C(=O)Nc1c(Cl)cc(Cl)cc1Cl. The van der Waals surface area contributed by atoms with Gasteiger partial charge in [-0.3, -0.25) is 4.79 Å². The molecule has 1 aromatic heterocycles. The van der Waals surface area contributed by atoms with Gasteiger partial charge >= 0.3 is 5.97 Å². The van der Waals surface area contributed by atoms with Crippen LogP contribution in [0.15, 0.2) is 42.6 Å². The van der Waals surface area contributed by atoms with Crippen LogP contribution >= 0.6 is 34.8 Å². The van der Waals surface area contributed by atoms with E-state index >= 15 is 0 Å². The highest BCUT2D eigenvalue weighted by Crippen LogP contribution is 2.33. The Kier molecular flexibility index (Phi) is 5.41. The lowest BCUT2D eigenvalue weighted by atomic mass is 10.2. The molecule has 0 spiro atoms. The second kappa shape index (κ2) is 7.58. The van der Waals surface area contributed by atoms with Crippen molar-refractivity contribution in [2.75, 3.05) is 5.32 Å². The summed E-state index contributed by atoms with van der Waals surface area (Å²) in [6.45, 7) is 1.46. The first-order valence-electron chi connectivity index (χ1n) is 7.59.